The van der Waals surface area contributed by atoms with Gasteiger partial charge >= 0.3 is 0 Å². The molecule has 5 heteroatoms. The topological polar surface area (TPSA) is 37.3 Å². The smallest absolute Gasteiger partial charge is 0.253 e. The van der Waals surface area contributed by atoms with Gasteiger partial charge in [0.25, 0.3) is 5.91 Å². The molecule has 1 saturated heterocycles. The van der Waals surface area contributed by atoms with E-state index >= 15 is 0 Å². The average Bonchev–Trinajstić information content (AvgIpc) is 3.20. The van der Waals surface area contributed by atoms with Crippen LogP contribution in [0.25, 0.3) is 0 Å². The molecule has 1 aliphatic rings. The Labute approximate surface area is 148 Å². The summed E-state index contributed by atoms with van der Waals surface area (Å²) in [4.78, 5) is 14.8. The maximum absolute atomic E-state index is 12.4. The first-order valence-corrected chi connectivity index (χ1v) is 8.89. The molecule has 0 spiro atoms. The van der Waals surface area contributed by atoms with Gasteiger partial charge in [0.15, 0.2) is 0 Å². The molecule has 1 aromatic carbocycles. The molecule has 0 bridgehead atoms. The Bertz CT molecular complexity index is 708. The molecule has 0 radical (unpaired) electrons. The fraction of sp³-hybridized carbons (Fsp3) is 0.421. The van der Waals surface area contributed by atoms with Gasteiger partial charge in [-0.15, -0.1) is 0 Å². The van der Waals surface area contributed by atoms with E-state index in [-0.39, 0.29) is 5.91 Å². The SMILES string of the molecule is CCc1c(C(=O)NCC2CCN(c3ccc(Cl)cc3)C2)ccn1C. The lowest BCUT2D eigenvalue weighted by Gasteiger charge is -2.19. The van der Waals surface area contributed by atoms with E-state index in [1.54, 1.807) is 0 Å². The van der Waals surface area contributed by atoms with E-state index in [2.05, 4.69) is 29.3 Å². The molecule has 1 amide bonds. The number of nitrogens with one attached hydrogen (secondary N) is 1. The highest BCUT2D eigenvalue weighted by Crippen LogP contribution is 2.25. The minimum absolute atomic E-state index is 0.0393. The van der Waals surface area contributed by atoms with Crippen LogP contribution in [0.5, 0.6) is 0 Å². The van der Waals surface area contributed by atoms with Crippen molar-refractivity contribution in [3.63, 3.8) is 0 Å². The van der Waals surface area contributed by atoms with Crippen molar-refractivity contribution in [3.05, 3.63) is 52.8 Å². The number of rotatable bonds is 5. The first-order chi connectivity index (χ1) is 11.6. The van der Waals surface area contributed by atoms with Crippen molar-refractivity contribution in [1.29, 1.82) is 0 Å². The Kier molecular flexibility index (Phi) is 5.14. The number of benzene rings is 1. The summed E-state index contributed by atoms with van der Waals surface area (Å²) < 4.78 is 2.02. The molecule has 1 atom stereocenters. The van der Waals surface area contributed by atoms with Crippen molar-refractivity contribution in [1.82, 2.24) is 9.88 Å². The number of hydrogen-bond donors (Lipinski definition) is 1. The van der Waals surface area contributed by atoms with E-state index < -0.39 is 0 Å². The second kappa shape index (κ2) is 7.31. The van der Waals surface area contributed by atoms with E-state index in [1.165, 1.54) is 5.69 Å². The molecule has 1 aromatic heterocycles. The molecule has 24 heavy (non-hydrogen) atoms. The minimum atomic E-state index is 0.0393. The summed E-state index contributed by atoms with van der Waals surface area (Å²) in [5, 5.41) is 3.87. The molecule has 2 aromatic rings. The zero-order valence-electron chi connectivity index (χ0n) is 14.3. The lowest BCUT2D eigenvalue weighted by atomic mass is 10.1. The van der Waals surface area contributed by atoms with Crippen LogP contribution < -0.4 is 10.2 Å². The standard InChI is InChI=1S/C19H24ClN3O/c1-3-18-17(9-10-22(18)2)19(24)21-12-14-8-11-23(13-14)16-6-4-15(20)5-7-16/h4-7,9-10,14H,3,8,11-13H2,1-2H3,(H,21,24). The van der Waals surface area contributed by atoms with Crippen molar-refractivity contribution in [3.8, 4) is 0 Å². The van der Waals surface area contributed by atoms with E-state index in [0.717, 1.165) is 48.8 Å². The Hall–Kier alpha value is -1.94. The van der Waals surface area contributed by atoms with Gasteiger partial charge in [0, 0.05) is 49.3 Å². The fourth-order valence-electron chi connectivity index (χ4n) is 3.43. The van der Waals surface area contributed by atoms with Gasteiger partial charge in [0.2, 0.25) is 0 Å². The van der Waals surface area contributed by atoms with E-state index in [4.69, 9.17) is 11.6 Å². The number of hydrogen-bond acceptors (Lipinski definition) is 2. The number of carbonyl (C=O) groups is 1. The zero-order chi connectivity index (χ0) is 17.1. The molecule has 128 valence electrons. The van der Waals surface area contributed by atoms with Crippen LogP contribution in [0.2, 0.25) is 5.02 Å². The van der Waals surface area contributed by atoms with Gasteiger partial charge in [0.1, 0.15) is 0 Å². The number of halogens is 1. The van der Waals surface area contributed by atoms with E-state index in [9.17, 15) is 4.79 Å². The quantitative estimate of drug-likeness (QED) is 0.900. The largest absolute Gasteiger partial charge is 0.371 e. The first kappa shape index (κ1) is 16.9. The number of nitrogens with zero attached hydrogens (tertiary/aromatic N) is 2. The molecule has 0 saturated carbocycles. The number of aromatic nitrogens is 1. The Balaban J connectivity index is 1.54. The number of carbonyl (C=O) groups excluding carboxylic acids is 1. The predicted octanol–water partition coefficient (Wildman–Crippen LogP) is 3.50. The number of aryl methyl sites for hydroxylation is 1. The molecule has 1 fully saturated rings. The first-order valence-electron chi connectivity index (χ1n) is 8.51. The minimum Gasteiger partial charge on any atom is -0.371 e. The van der Waals surface area contributed by atoms with Gasteiger partial charge in [-0.25, -0.2) is 0 Å². The zero-order valence-corrected chi connectivity index (χ0v) is 15.0. The third-order valence-corrected chi connectivity index (χ3v) is 5.06. The summed E-state index contributed by atoms with van der Waals surface area (Å²) in [7, 11) is 1.98. The highest BCUT2D eigenvalue weighted by Gasteiger charge is 2.23. The summed E-state index contributed by atoms with van der Waals surface area (Å²) in [6.45, 7) is 4.79. The molecular weight excluding hydrogens is 322 g/mol. The van der Waals surface area contributed by atoms with Gasteiger partial charge in [0.05, 0.1) is 5.56 Å². The van der Waals surface area contributed by atoms with Crippen molar-refractivity contribution in [2.75, 3.05) is 24.5 Å². The second-order valence-corrected chi connectivity index (χ2v) is 6.86. The summed E-state index contributed by atoms with van der Waals surface area (Å²) in [5.74, 6) is 0.524. The molecular formula is C19H24ClN3O. The second-order valence-electron chi connectivity index (χ2n) is 6.43. The van der Waals surface area contributed by atoms with Gasteiger partial charge in [-0.2, -0.15) is 0 Å². The Morgan fingerprint density at radius 3 is 2.75 bits per heavy atom. The van der Waals surface area contributed by atoms with Crippen LogP contribution in [-0.2, 0) is 13.5 Å². The molecule has 2 heterocycles. The Morgan fingerprint density at radius 2 is 2.04 bits per heavy atom. The monoisotopic (exact) mass is 345 g/mol. The van der Waals surface area contributed by atoms with Gasteiger partial charge in [-0.1, -0.05) is 18.5 Å². The van der Waals surface area contributed by atoms with Gasteiger partial charge in [-0.05, 0) is 49.1 Å². The Morgan fingerprint density at radius 1 is 1.29 bits per heavy atom. The lowest BCUT2D eigenvalue weighted by molar-refractivity contribution is 0.0947. The van der Waals surface area contributed by atoms with Gasteiger partial charge < -0.3 is 14.8 Å². The van der Waals surface area contributed by atoms with Crippen molar-refractivity contribution < 1.29 is 4.79 Å². The third-order valence-electron chi connectivity index (χ3n) is 4.81. The third kappa shape index (κ3) is 3.59. The lowest BCUT2D eigenvalue weighted by Crippen LogP contribution is -2.31. The van der Waals surface area contributed by atoms with Crippen LogP contribution in [0.15, 0.2) is 36.5 Å². The van der Waals surface area contributed by atoms with Crippen LogP contribution in [0.1, 0.15) is 29.4 Å². The molecule has 0 aliphatic carbocycles. The van der Waals surface area contributed by atoms with Crippen molar-refractivity contribution >= 4 is 23.2 Å². The van der Waals surface area contributed by atoms with Crippen LogP contribution in [-0.4, -0.2) is 30.1 Å². The molecule has 1 aliphatic heterocycles. The molecule has 3 rings (SSSR count). The summed E-state index contributed by atoms with van der Waals surface area (Å²) in [6, 6.07) is 9.87. The number of anilines is 1. The van der Waals surface area contributed by atoms with E-state index in [1.807, 2.05) is 36.0 Å². The summed E-state index contributed by atoms with van der Waals surface area (Å²) >= 11 is 5.95. The predicted molar refractivity (Wildman–Crippen MR) is 98.9 cm³/mol. The van der Waals surface area contributed by atoms with Crippen LogP contribution >= 0.6 is 11.6 Å². The van der Waals surface area contributed by atoms with Crippen LogP contribution in [0.3, 0.4) is 0 Å². The molecule has 1 N–H and O–H groups in total. The average molecular weight is 346 g/mol. The van der Waals surface area contributed by atoms with Crippen molar-refractivity contribution in [2.45, 2.75) is 19.8 Å². The van der Waals surface area contributed by atoms with E-state index in [0.29, 0.717) is 5.92 Å². The maximum Gasteiger partial charge on any atom is 0.253 e. The van der Waals surface area contributed by atoms with Crippen LogP contribution in [0, 0.1) is 5.92 Å². The molecule has 4 nitrogen and oxygen atoms in total. The van der Waals surface area contributed by atoms with Crippen molar-refractivity contribution in [2.24, 2.45) is 13.0 Å². The highest BCUT2D eigenvalue weighted by atomic mass is 35.5. The molecule has 1 unspecified atom stereocenters. The van der Waals surface area contributed by atoms with Crippen LogP contribution in [0.4, 0.5) is 5.69 Å². The number of amides is 1. The highest BCUT2D eigenvalue weighted by molar-refractivity contribution is 6.30. The normalized spacial score (nSPS) is 17.3. The summed E-state index contributed by atoms with van der Waals surface area (Å²) in [5.41, 5.74) is 3.08. The summed E-state index contributed by atoms with van der Waals surface area (Å²) in [6.07, 6.45) is 3.91. The van der Waals surface area contributed by atoms with Gasteiger partial charge in [-0.3, -0.25) is 4.79 Å². The maximum atomic E-state index is 12.4. The fourth-order valence-corrected chi connectivity index (χ4v) is 3.55.